The van der Waals surface area contributed by atoms with E-state index in [1.165, 1.54) is 12.1 Å². The van der Waals surface area contributed by atoms with Crippen molar-refractivity contribution in [3.05, 3.63) is 27.3 Å². The lowest BCUT2D eigenvalue weighted by molar-refractivity contribution is -0.120. The van der Waals surface area contributed by atoms with Gasteiger partial charge in [-0.05, 0) is 53.6 Å². The van der Waals surface area contributed by atoms with Crippen LogP contribution >= 0.6 is 22.6 Å². The summed E-state index contributed by atoms with van der Waals surface area (Å²) in [5, 5.41) is 16.6. The molecule has 0 aromatic heterocycles. The number of rotatable bonds is 5. The lowest BCUT2D eigenvalue weighted by Gasteiger charge is -2.10. The second kappa shape index (κ2) is 6.74. The Bertz CT molecular complexity index is 587. The first kappa shape index (κ1) is 15.5. The maximum atomic E-state index is 11.7. The van der Waals surface area contributed by atoms with Crippen LogP contribution < -0.4 is 16.0 Å². The zero-order valence-corrected chi connectivity index (χ0v) is 13.1. The topological polar surface area (TPSA) is 108 Å². The second-order valence-electron chi connectivity index (χ2n) is 4.64. The van der Waals surface area contributed by atoms with Crippen LogP contribution in [0.1, 0.15) is 23.2 Å². The van der Waals surface area contributed by atoms with Gasteiger partial charge in [-0.15, -0.1) is 0 Å². The van der Waals surface area contributed by atoms with Crippen LogP contribution in [0.2, 0.25) is 0 Å². The highest BCUT2D eigenvalue weighted by atomic mass is 127. The molecule has 0 aliphatic heterocycles. The molecule has 7 nitrogen and oxygen atoms in total. The second-order valence-corrected chi connectivity index (χ2v) is 5.89. The minimum absolute atomic E-state index is 0.000480. The molecule has 0 heterocycles. The van der Waals surface area contributed by atoms with E-state index in [-0.39, 0.29) is 29.7 Å². The van der Waals surface area contributed by atoms with Gasteiger partial charge >= 0.3 is 12.0 Å². The van der Waals surface area contributed by atoms with Gasteiger partial charge < -0.3 is 21.1 Å². The Morgan fingerprint density at radius 1 is 1.29 bits per heavy atom. The van der Waals surface area contributed by atoms with Crippen molar-refractivity contribution >= 4 is 46.2 Å². The average molecular weight is 403 g/mol. The molecule has 4 N–H and O–H groups in total. The van der Waals surface area contributed by atoms with E-state index in [9.17, 15) is 14.4 Å². The molecular formula is C13H14IN3O4. The van der Waals surface area contributed by atoms with E-state index in [0.717, 1.165) is 16.4 Å². The van der Waals surface area contributed by atoms with Crippen LogP contribution in [-0.4, -0.2) is 35.6 Å². The minimum atomic E-state index is -1.13. The zero-order valence-electron chi connectivity index (χ0n) is 11.0. The average Bonchev–Trinajstić information content (AvgIpc) is 3.22. The molecule has 2 rings (SSSR count). The third-order valence-electron chi connectivity index (χ3n) is 2.81. The first-order chi connectivity index (χ1) is 9.95. The molecule has 3 amide bonds. The number of amides is 3. The number of carbonyl (C=O) groups excluding carboxylic acids is 2. The lowest BCUT2D eigenvalue weighted by Crippen LogP contribution is -2.39. The molecule has 0 radical (unpaired) electrons. The van der Waals surface area contributed by atoms with Crippen LogP contribution in [0.25, 0.3) is 0 Å². The molecule has 0 unspecified atom stereocenters. The van der Waals surface area contributed by atoms with Gasteiger partial charge in [0.15, 0.2) is 0 Å². The van der Waals surface area contributed by atoms with Crippen LogP contribution in [0.3, 0.4) is 0 Å². The maximum absolute atomic E-state index is 11.7. The molecule has 0 atom stereocenters. The van der Waals surface area contributed by atoms with Crippen LogP contribution in [0.5, 0.6) is 0 Å². The number of carboxylic acids is 1. The first-order valence-corrected chi connectivity index (χ1v) is 7.40. The maximum Gasteiger partial charge on any atom is 0.337 e. The molecule has 1 aromatic carbocycles. The minimum Gasteiger partial charge on any atom is -0.478 e. The van der Waals surface area contributed by atoms with Gasteiger partial charge in [0.25, 0.3) is 0 Å². The summed E-state index contributed by atoms with van der Waals surface area (Å²) < 4.78 is 0.750. The van der Waals surface area contributed by atoms with Crippen LogP contribution in [0.4, 0.5) is 10.5 Å². The number of hydrogen-bond donors (Lipinski definition) is 4. The molecule has 112 valence electrons. The highest BCUT2D eigenvalue weighted by Gasteiger charge is 2.23. The summed E-state index contributed by atoms with van der Waals surface area (Å²) in [5.41, 5.74) is 0.183. The number of nitrogens with one attached hydrogen (secondary N) is 3. The van der Waals surface area contributed by atoms with E-state index in [0.29, 0.717) is 0 Å². The third kappa shape index (κ3) is 4.88. The van der Waals surface area contributed by atoms with Gasteiger partial charge in [0.2, 0.25) is 5.91 Å². The van der Waals surface area contributed by atoms with Crippen molar-refractivity contribution in [2.24, 2.45) is 0 Å². The predicted octanol–water partition coefficient (Wildman–Crippen LogP) is 1.39. The van der Waals surface area contributed by atoms with Gasteiger partial charge in [-0.1, -0.05) is 0 Å². The van der Waals surface area contributed by atoms with Gasteiger partial charge in [0.1, 0.15) is 0 Å². The van der Waals surface area contributed by atoms with E-state index in [4.69, 9.17) is 5.11 Å². The molecule has 0 spiro atoms. The van der Waals surface area contributed by atoms with Crippen molar-refractivity contribution in [3.8, 4) is 0 Å². The number of hydrogen-bond acceptors (Lipinski definition) is 3. The van der Waals surface area contributed by atoms with Crippen LogP contribution in [-0.2, 0) is 4.79 Å². The normalized spacial score (nSPS) is 13.4. The van der Waals surface area contributed by atoms with Gasteiger partial charge in [-0.2, -0.15) is 0 Å². The van der Waals surface area contributed by atoms with E-state index >= 15 is 0 Å². The van der Waals surface area contributed by atoms with E-state index in [1.54, 1.807) is 6.07 Å². The summed E-state index contributed by atoms with van der Waals surface area (Å²) in [6.45, 7) is -0.144. The Balaban J connectivity index is 1.89. The van der Waals surface area contributed by atoms with E-state index in [2.05, 4.69) is 16.0 Å². The van der Waals surface area contributed by atoms with Crippen LogP contribution in [0.15, 0.2) is 18.2 Å². The van der Waals surface area contributed by atoms with Gasteiger partial charge in [-0.25, -0.2) is 9.59 Å². The summed E-state index contributed by atoms with van der Waals surface area (Å²) in [6, 6.07) is 4.26. The Hall–Kier alpha value is -1.84. The van der Waals surface area contributed by atoms with Crippen molar-refractivity contribution in [3.63, 3.8) is 0 Å². The van der Waals surface area contributed by atoms with E-state index < -0.39 is 12.0 Å². The largest absolute Gasteiger partial charge is 0.478 e. The molecule has 1 aromatic rings. The Labute approximate surface area is 134 Å². The highest BCUT2D eigenvalue weighted by molar-refractivity contribution is 14.1. The SMILES string of the molecule is O=C(CNC(=O)Nc1ccc(I)cc1C(=O)O)NC1CC1. The van der Waals surface area contributed by atoms with Crippen LogP contribution in [0, 0.1) is 3.57 Å². The zero-order chi connectivity index (χ0) is 15.4. The van der Waals surface area contributed by atoms with Crippen molar-refractivity contribution in [2.75, 3.05) is 11.9 Å². The number of carbonyl (C=O) groups is 3. The van der Waals surface area contributed by atoms with Crippen molar-refractivity contribution in [1.82, 2.24) is 10.6 Å². The highest BCUT2D eigenvalue weighted by Crippen LogP contribution is 2.19. The summed E-state index contributed by atoms with van der Waals surface area (Å²) >= 11 is 1.99. The number of urea groups is 1. The Morgan fingerprint density at radius 2 is 2.00 bits per heavy atom. The smallest absolute Gasteiger partial charge is 0.337 e. The number of anilines is 1. The van der Waals surface area contributed by atoms with Gasteiger partial charge in [0.05, 0.1) is 17.8 Å². The van der Waals surface area contributed by atoms with Gasteiger partial charge in [-0.3, -0.25) is 4.79 Å². The van der Waals surface area contributed by atoms with E-state index in [1.807, 2.05) is 22.6 Å². The Kier molecular flexibility index (Phi) is 4.99. The summed E-state index contributed by atoms with van der Waals surface area (Å²) in [4.78, 5) is 34.2. The number of halogens is 1. The molecule has 1 fully saturated rings. The van der Waals surface area contributed by atoms with Crippen molar-refractivity contribution in [2.45, 2.75) is 18.9 Å². The van der Waals surface area contributed by atoms with Crippen molar-refractivity contribution in [1.29, 1.82) is 0 Å². The molecule has 0 bridgehead atoms. The molecular weight excluding hydrogens is 389 g/mol. The first-order valence-electron chi connectivity index (χ1n) is 6.33. The molecule has 1 aliphatic carbocycles. The standard InChI is InChI=1S/C13H14IN3O4/c14-7-1-4-10(9(5-7)12(19)20)17-13(21)15-6-11(18)16-8-2-3-8/h1,4-5,8H,2-3,6H2,(H,16,18)(H,19,20)(H2,15,17,21). The number of carboxylic acid groups (broad SMARTS) is 1. The lowest BCUT2D eigenvalue weighted by atomic mass is 10.2. The monoisotopic (exact) mass is 403 g/mol. The molecule has 0 saturated heterocycles. The fourth-order valence-electron chi connectivity index (χ4n) is 1.64. The Morgan fingerprint density at radius 3 is 2.62 bits per heavy atom. The van der Waals surface area contributed by atoms with Gasteiger partial charge in [0, 0.05) is 9.61 Å². The number of benzene rings is 1. The number of aromatic carboxylic acids is 1. The molecule has 8 heteroatoms. The fourth-order valence-corrected chi connectivity index (χ4v) is 2.13. The summed E-state index contributed by atoms with van der Waals surface area (Å²) in [7, 11) is 0. The summed E-state index contributed by atoms with van der Waals surface area (Å²) in [5.74, 6) is -1.39. The quantitative estimate of drug-likeness (QED) is 0.558. The fraction of sp³-hybridized carbons (Fsp3) is 0.308. The van der Waals surface area contributed by atoms with Crippen molar-refractivity contribution < 1.29 is 19.5 Å². The molecule has 21 heavy (non-hydrogen) atoms. The molecule has 1 saturated carbocycles. The summed E-state index contributed by atoms with van der Waals surface area (Å²) in [6.07, 6.45) is 1.95. The third-order valence-corrected chi connectivity index (χ3v) is 3.48. The molecule has 1 aliphatic rings. The predicted molar refractivity (Wildman–Crippen MR) is 84.3 cm³/mol.